The molecule has 1 aromatic heterocycles. The second-order valence-corrected chi connectivity index (χ2v) is 9.17. The number of nitrogens with two attached hydrogens (primary N) is 2. The molecule has 10 nitrogen and oxygen atoms in total. The second-order valence-electron chi connectivity index (χ2n) is 7.87. The van der Waals surface area contributed by atoms with Crippen molar-refractivity contribution in [1.29, 1.82) is 0 Å². The van der Waals surface area contributed by atoms with Crippen LogP contribution in [0, 0.1) is 5.92 Å². The van der Waals surface area contributed by atoms with E-state index in [9.17, 15) is 19.5 Å². The molecule has 0 saturated carbocycles. The number of amides is 2. The smallest absolute Gasteiger partial charge is 0.254 e. The van der Waals surface area contributed by atoms with E-state index in [0.717, 1.165) is 11.3 Å². The summed E-state index contributed by atoms with van der Waals surface area (Å²) >= 11 is 7.23. The van der Waals surface area contributed by atoms with Crippen molar-refractivity contribution in [2.75, 3.05) is 6.54 Å². The maximum absolute atomic E-state index is 13.1. The molecule has 3 atom stereocenters. The van der Waals surface area contributed by atoms with Crippen molar-refractivity contribution in [3.63, 3.8) is 0 Å². The Morgan fingerprint density at radius 1 is 1.18 bits per heavy atom. The molecule has 0 aliphatic rings. The van der Waals surface area contributed by atoms with Crippen LogP contribution in [0.3, 0.4) is 0 Å². The number of benzene rings is 1. The number of aliphatic imine (C=N–C) groups is 1. The van der Waals surface area contributed by atoms with E-state index in [4.69, 9.17) is 23.1 Å². The van der Waals surface area contributed by atoms with Crippen molar-refractivity contribution in [2.24, 2.45) is 22.4 Å². The number of aliphatic hydroxyl groups excluding tert-OH is 1. The van der Waals surface area contributed by atoms with E-state index in [1.54, 1.807) is 37.4 Å². The molecule has 12 heteroatoms. The Kier molecular flexibility index (Phi) is 10.4. The van der Waals surface area contributed by atoms with Gasteiger partial charge in [-0.05, 0) is 24.8 Å². The van der Waals surface area contributed by atoms with Gasteiger partial charge in [-0.2, -0.15) is 0 Å². The first kappa shape index (κ1) is 27.2. The second kappa shape index (κ2) is 13.0. The number of aliphatic hydroxyl groups is 1. The van der Waals surface area contributed by atoms with E-state index in [1.807, 2.05) is 0 Å². The molecule has 0 saturated heterocycles. The number of hydrogen-bond donors (Lipinski definition) is 5. The third kappa shape index (κ3) is 7.79. The minimum atomic E-state index is -1.56. The fourth-order valence-electron chi connectivity index (χ4n) is 3.13. The quantitative estimate of drug-likeness (QED) is 0.125. The van der Waals surface area contributed by atoms with Crippen molar-refractivity contribution in [1.82, 2.24) is 15.6 Å². The van der Waals surface area contributed by atoms with Gasteiger partial charge in [0.2, 0.25) is 11.7 Å². The van der Waals surface area contributed by atoms with Gasteiger partial charge in [0.05, 0.1) is 6.04 Å². The third-order valence-electron chi connectivity index (χ3n) is 4.92. The van der Waals surface area contributed by atoms with Gasteiger partial charge in [-0.1, -0.05) is 43.6 Å². The van der Waals surface area contributed by atoms with E-state index >= 15 is 0 Å². The average molecular weight is 509 g/mol. The normalized spacial score (nSPS) is 13.6. The Morgan fingerprint density at radius 3 is 2.47 bits per heavy atom. The molecule has 2 rings (SSSR count). The number of nitrogens with zero attached hydrogens (tertiary/aromatic N) is 2. The molecule has 1 heterocycles. The van der Waals surface area contributed by atoms with Crippen LogP contribution in [-0.4, -0.2) is 52.3 Å². The molecule has 0 bridgehead atoms. The number of thiazole rings is 1. The highest BCUT2D eigenvalue weighted by atomic mass is 35.5. The number of carbonyl (C=O) groups is 3. The zero-order valence-electron chi connectivity index (χ0n) is 18.9. The van der Waals surface area contributed by atoms with Crippen LogP contribution in [-0.2, 0) is 9.59 Å². The lowest BCUT2D eigenvalue weighted by Crippen LogP contribution is -2.54. The van der Waals surface area contributed by atoms with Gasteiger partial charge < -0.3 is 27.2 Å². The van der Waals surface area contributed by atoms with Gasteiger partial charge in [0.25, 0.3) is 5.91 Å². The maximum atomic E-state index is 13.1. The average Bonchev–Trinajstić information content (AvgIpc) is 3.33. The van der Waals surface area contributed by atoms with E-state index in [-0.39, 0.29) is 46.2 Å². The molecule has 184 valence electrons. The van der Waals surface area contributed by atoms with Crippen molar-refractivity contribution < 1.29 is 19.5 Å². The number of nitrogens with one attached hydrogen (secondary N) is 2. The summed E-state index contributed by atoms with van der Waals surface area (Å²) in [6.07, 6.45) is 0.644. The molecule has 0 aliphatic carbocycles. The number of carbonyl (C=O) groups excluding carboxylic acids is 3. The van der Waals surface area contributed by atoms with E-state index in [1.165, 1.54) is 12.3 Å². The molecule has 0 fully saturated rings. The maximum Gasteiger partial charge on any atom is 0.254 e. The molecule has 7 N–H and O–H groups in total. The van der Waals surface area contributed by atoms with Crippen LogP contribution in [0.2, 0.25) is 5.02 Å². The number of rotatable bonds is 12. The molecule has 2 amide bonds. The van der Waals surface area contributed by atoms with Crippen LogP contribution < -0.4 is 22.1 Å². The van der Waals surface area contributed by atoms with Crippen LogP contribution in [0.1, 0.15) is 48.2 Å². The number of guanidine groups is 1. The predicted molar refractivity (Wildman–Crippen MR) is 131 cm³/mol. The first-order valence-electron chi connectivity index (χ1n) is 10.6. The highest BCUT2D eigenvalue weighted by molar-refractivity contribution is 7.11. The third-order valence-corrected chi connectivity index (χ3v) is 6.05. The van der Waals surface area contributed by atoms with Crippen LogP contribution in [0.25, 0.3) is 0 Å². The molecular formula is C22H29ClN6O4S. The highest BCUT2D eigenvalue weighted by Gasteiger charge is 2.31. The topological polar surface area (TPSA) is 173 Å². The Hall–Kier alpha value is -3.02. The summed E-state index contributed by atoms with van der Waals surface area (Å²) in [7, 11) is 0. The SMILES string of the molecule is CC(C)[C@H](NC(=O)[C@H](O)c1ccccc1Cl)C(=O)N[C@@H](CCCN=C(N)N)C(=O)c1nccs1. The van der Waals surface area contributed by atoms with Gasteiger partial charge in [0.1, 0.15) is 6.04 Å². The zero-order valence-corrected chi connectivity index (χ0v) is 20.5. The van der Waals surface area contributed by atoms with Crippen LogP contribution in [0.4, 0.5) is 0 Å². The minimum absolute atomic E-state index is 0.0634. The number of halogens is 1. The minimum Gasteiger partial charge on any atom is -0.378 e. The van der Waals surface area contributed by atoms with Gasteiger partial charge in [-0.25, -0.2) is 4.98 Å². The first-order valence-corrected chi connectivity index (χ1v) is 11.9. The highest BCUT2D eigenvalue weighted by Crippen LogP contribution is 2.23. The van der Waals surface area contributed by atoms with Crippen LogP contribution in [0.5, 0.6) is 0 Å². The fourth-order valence-corrected chi connectivity index (χ4v) is 4.00. The summed E-state index contributed by atoms with van der Waals surface area (Å²) in [6, 6.07) is 4.50. The lowest BCUT2D eigenvalue weighted by molar-refractivity contribution is -0.135. The van der Waals surface area contributed by atoms with E-state index in [2.05, 4.69) is 20.6 Å². The Balaban J connectivity index is 2.13. The molecule has 2 aromatic rings. The van der Waals surface area contributed by atoms with Gasteiger partial charge in [0, 0.05) is 28.7 Å². The first-order chi connectivity index (χ1) is 16.1. The Bertz CT molecular complexity index is 1010. The van der Waals surface area contributed by atoms with Gasteiger partial charge in [0.15, 0.2) is 17.1 Å². The largest absolute Gasteiger partial charge is 0.378 e. The molecule has 1 aromatic carbocycles. The molecule has 0 aliphatic heterocycles. The molecule has 0 unspecified atom stereocenters. The summed E-state index contributed by atoms with van der Waals surface area (Å²) < 4.78 is 0. The zero-order chi connectivity index (χ0) is 25.3. The molecule has 34 heavy (non-hydrogen) atoms. The number of ketones is 1. The van der Waals surface area contributed by atoms with Crippen molar-refractivity contribution in [2.45, 2.75) is 44.9 Å². The Morgan fingerprint density at radius 2 is 1.88 bits per heavy atom. The standard InChI is InChI=1S/C22H29ClN6O4S/c1-12(2)16(29-20(33)17(30)13-6-3-4-7-14(13)23)19(32)28-15(8-5-9-27-22(24)25)18(31)21-26-10-11-34-21/h3-4,6-7,10-12,15-17,30H,5,8-9H2,1-2H3,(H,28,32)(H,29,33)(H4,24,25,27)/t15-,16-,17+/m0/s1. The van der Waals surface area contributed by atoms with Crippen LogP contribution in [0.15, 0.2) is 40.8 Å². The van der Waals surface area contributed by atoms with Gasteiger partial charge >= 0.3 is 0 Å². The Labute approximate surface area is 206 Å². The van der Waals surface area contributed by atoms with Gasteiger partial charge in [-0.3, -0.25) is 19.4 Å². The number of Topliss-reactive ketones (excluding diaryl/α,β-unsaturated/α-hetero) is 1. The van der Waals surface area contributed by atoms with Gasteiger partial charge in [-0.15, -0.1) is 11.3 Å². The van der Waals surface area contributed by atoms with Crippen molar-refractivity contribution in [3.8, 4) is 0 Å². The summed E-state index contributed by atoms with van der Waals surface area (Å²) in [4.78, 5) is 46.6. The summed E-state index contributed by atoms with van der Waals surface area (Å²) in [5.74, 6) is -2.09. The predicted octanol–water partition coefficient (Wildman–Crippen LogP) is 1.39. The molecule has 0 spiro atoms. The summed E-state index contributed by atoms with van der Waals surface area (Å²) in [5.41, 5.74) is 10.9. The monoisotopic (exact) mass is 508 g/mol. The van der Waals surface area contributed by atoms with Crippen LogP contribution >= 0.6 is 22.9 Å². The molecular weight excluding hydrogens is 480 g/mol. The summed E-state index contributed by atoms with van der Waals surface area (Å²) in [6.45, 7) is 3.76. The lowest BCUT2D eigenvalue weighted by atomic mass is 10.00. The van der Waals surface area contributed by atoms with Crippen molar-refractivity contribution in [3.05, 3.63) is 51.4 Å². The lowest BCUT2D eigenvalue weighted by Gasteiger charge is -2.26. The molecule has 0 radical (unpaired) electrons. The van der Waals surface area contributed by atoms with Crippen molar-refractivity contribution >= 4 is 46.5 Å². The van der Waals surface area contributed by atoms with E-state index in [0.29, 0.717) is 6.42 Å². The number of aromatic nitrogens is 1. The van der Waals surface area contributed by atoms with E-state index < -0.39 is 30.0 Å². The summed E-state index contributed by atoms with van der Waals surface area (Å²) in [5, 5.41) is 17.9. The fraction of sp³-hybridized carbons (Fsp3) is 0.409. The number of hydrogen-bond acceptors (Lipinski definition) is 7.